The van der Waals surface area contributed by atoms with Gasteiger partial charge in [-0.2, -0.15) is 0 Å². The number of halogens is 1. The first-order chi connectivity index (χ1) is 14.2. The van der Waals surface area contributed by atoms with E-state index >= 15 is 0 Å². The molecule has 2 heterocycles. The molecule has 144 valence electrons. The van der Waals surface area contributed by atoms with Crippen LogP contribution in [0.5, 0.6) is 0 Å². The largest absolute Gasteiger partial charge is 0.343 e. The van der Waals surface area contributed by atoms with Crippen LogP contribution >= 0.6 is 11.6 Å². The van der Waals surface area contributed by atoms with Gasteiger partial charge in [0.1, 0.15) is 0 Å². The molecule has 0 radical (unpaired) electrons. The number of hydrogen-bond acceptors (Lipinski definition) is 1. The Labute approximate surface area is 175 Å². The van der Waals surface area contributed by atoms with Crippen LogP contribution < -0.4 is 4.90 Å². The molecule has 1 aromatic heterocycles. The molecule has 0 bridgehead atoms. The minimum atomic E-state index is 0.157. The first-order valence-electron chi connectivity index (χ1n) is 9.88. The van der Waals surface area contributed by atoms with Crippen LogP contribution in [0.15, 0.2) is 79.0 Å². The van der Waals surface area contributed by atoms with Crippen LogP contribution in [-0.4, -0.2) is 17.0 Å². The molecular formula is C25H21ClN2O. The highest BCUT2D eigenvalue weighted by Crippen LogP contribution is 2.29. The Morgan fingerprint density at radius 3 is 2.55 bits per heavy atom. The molecule has 1 aliphatic heterocycles. The van der Waals surface area contributed by atoms with Crippen LogP contribution in [0.1, 0.15) is 16.7 Å². The number of fused-ring (bicyclic) bond motifs is 2. The molecule has 0 atom stereocenters. The van der Waals surface area contributed by atoms with E-state index in [0.29, 0.717) is 6.42 Å². The normalized spacial score (nSPS) is 13.1. The average molecular weight is 401 g/mol. The van der Waals surface area contributed by atoms with Gasteiger partial charge in [-0.25, -0.2) is 0 Å². The average Bonchev–Trinajstić information content (AvgIpc) is 3.32. The Balaban J connectivity index is 1.45. The van der Waals surface area contributed by atoms with E-state index < -0.39 is 0 Å². The quantitative estimate of drug-likeness (QED) is 0.445. The summed E-state index contributed by atoms with van der Waals surface area (Å²) in [4.78, 5) is 15.1. The number of anilines is 1. The van der Waals surface area contributed by atoms with Crippen molar-refractivity contribution in [1.29, 1.82) is 0 Å². The lowest BCUT2D eigenvalue weighted by Gasteiger charge is -2.17. The summed E-state index contributed by atoms with van der Waals surface area (Å²) in [5, 5.41) is 1.88. The van der Waals surface area contributed by atoms with Crippen LogP contribution in [0.25, 0.3) is 10.9 Å². The van der Waals surface area contributed by atoms with Crippen LogP contribution in [-0.2, 0) is 24.2 Å². The van der Waals surface area contributed by atoms with Crippen molar-refractivity contribution in [3.05, 3.63) is 101 Å². The number of amides is 1. The highest BCUT2D eigenvalue weighted by atomic mass is 35.5. The number of benzene rings is 3. The second-order valence-corrected chi connectivity index (χ2v) is 7.96. The van der Waals surface area contributed by atoms with Gasteiger partial charge in [-0.15, -0.1) is 0 Å². The van der Waals surface area contributed by atoms with Gasteiger partial charge in [-0.3, -0.25) is 4.79 Å². The van der Waals surface area contributed by atoms with Gasteiger partial charge in [0.15, 0.2) is 0 Å². The van der Waals surface area contributed by atoms with Crippen molar-refractivity contribution in [3.63, 3.8) is 0 Å². The lowest BCUT2D eigenvalue weighted by atomic mass is 10.1. The standard InChI is InChI=1S/C25H21ClN2O/c26-21-11-9-18(10-12-21)16-27-17-20(22-6-2-4-8-24(22)27)15-25(29)28-14-13-19-5-1-3-7-23(19)28/h1-12,17H,13-16H2. The third kappa shape index (κ3) is 3.43. The summed E-state index contributed by atoms with van der Waals surface area (Å²) in [6.07, 6.45) is 3.46. The topological polar surface area (TPSA) is 25.2 Å². The van der Waals surface area contributed by atoms with E-state index in [0.717, 1.165) is 46.7 Å². The number of carbonyl (C=O) groups is 1. The summed E-state index contributed by atoms with van der Waals surface area (Å²) >= 11 is 6.02. The first-order valence-corrected chi connectivity index (χ1v) is 10.3. The van der Waals surface area contributed by atoms with Gasteiger partial charge in [0, 0.05) is 40.9 Å². The summed E-state index contributed by atoms with van der Waals surface area (Å²) in [7, 11) is 0. The third-order valence-electron chi connectivity index (χ3n) is 5.67. The fourth-order valence-corrected chi connectivity index (χ4v) is 4.36. The van der Waals surface area contributed by atoms with E-state index in [9.17, 15) is 4.79 Å². The van der Waals surface area contributed by atoms with Crippen LogP contribution in [0.3, 0.4) is 0 Å². The highest BCUT2D eigenvalue weighted by Gasteiger charge is 2.25. The Kier molecular flexibility index (Phi) is 4.61. The second kappa shape index (κ2) is 7.41. The molecule has 3 aromatic carbocycles. The highest BCUT2D eigenvalue weighted by molar-refractivity contribution is 6.30. The SMILES string of the molecule is O=C(Cc1cn(Cc2ccc(Cl)cc2)c2ccccc12)N1CCc2ccccc21. The summed E-state index contributed by atoms with van der Waals surface area (Å²) in [5.74, 6) is 0.157. The molecule has 0 fully saturated rings. The summed E-state index contributed by atoms with van der Waals surface area (Å²) in [5.41, 5.74) is 5.71. The predicted octanol–water partition coefficient (Wildman–Crippen LogP) is 5.47. The van der Waals surface area contributed by atoms with Gasteiger partial charge >= 0.3 is 0 Å². The zero-order valence-electron chi connectivity index (χ0n) is 16.0. The van der Waals surface area contributed by atoms with E-state index in [-0.39, 0.29) is 5.91 Å². The van der Waals surface area contributed by atoms with E-state index in [1.807, 2.05) is 59.5 Å². The molecular weight excluding hydrogens is 380 g/mol. The maximum atomic E-state index is 13.1. The second-order valence-electron chi connectivity index (χ2n) is 7.53. The Morgan fingerprint density at radius 1 is 0.931 bits per heavy atom. The molecule has 0 unspecified atom stereocenters. The molecule has 0 spiro atoms. The molecule has 0 saturated carbocycles. The molecule has 3 nitrogen and oxygen atoms in total. The van der Waals surface area contributed by atoms with E-state index in [4.69, 9.17) is 11.6 Å². The van der Waals surface area contributed by atoms with Crippen molar-refractivity contribution in [1.82, 2.24) is 4.57 Å². The zero-order valence-corrected chi connectivity index (χ0v) is 16.8. The van der Waals surface area contributed by atoms with Crippen molar-refractivity contribution in [2.45, 2.75) is 19.4 Å². The molecule has 5 rings (SSSR count). The predicted molar refractivity (Wildman–Crippen MR) is 119 cm³/mol. The van der Waals surface area contributed by atoms with Gasteiger partial charge in [0.05, 0.1) is 6.42 Å². The zero-order chi connectivity index (χ0) is 19.8. The fourth-order valence-electron chi connectivity index (χ4n) is 4.24. The first kappa shape index (κ1) is 18.0. The van der Waals surface area contributed by atoms with Crippen molar-refractivity contribution in [2.75, 3.05) is 11.4 Å². The fraction of sp³-hybridized carbons (Fsp3) is 0.160. The number of hydrogen-bond donors (Lipinski definition) is 0. The van der Waals surface area contributed by atoms with Crippen molar-refractivity contribution >= 4 is 34.1 Å². The van der Waals surface area contributed by atoms with Crippen LogP contribution in [0.2, 0.25) is 5.02 Å². The molecule has 0 N–H and O–H groups in total. The Bertz CT molecular complexity index is 1190. The van der Waals surface area contributed by atoms with E-state index in [2.05, 4.69) is 29.0 Å². The molecule has 4 aromatic rings. The van der Waals surface area contributed by atoms with Crippen molar-refractivity contribution in [3.8, 4) is 0 Å². The van der Waals surface area contributed by atoms with Gasteiger partial charge in [-0.05, 0) is 47.4 Å². The minimum absolute atomic E-state index is 0.157. The number of carbonyl (C=O) groups excluding carboxylic acids is 1. The number of aromatic nitrogens is 1. The maximum Gasteiger partial charge on any atom is 0.231 e. The summed E-state index contributed by atoms with van der Waals surface area (Å²) in [6, 6.07) is 24.4. The summed E-state index contributed by atoms with van der Waals surface area (Å²) in [6.45, 7) is 1.51. The number of para-hydroxylation sites is 2. The molecule has 1 aliphatic rings. The van der Waals surface area contributed by atoms with Crippen molar-refractivity contribution < 1.29 is 4.79 Å². The van der Waals surface area contributed by atoms with Crippen LogP contribution in [0, 0.1) is 0 Å². The van der Waals surface area contributed by atoms with Crippen molar-refractivity contribution in [2.24, 2.45) is 0 Å². The smallest absolute Gasteiger partial charge is 0.231 e. The third-order valence-corrected chi connectivity index (χ3v) is 5.92. The van der Waals surface area contributed by atoms with E-state index in [1.165, 1.54) is 11.1 Å². The Morgan fingerprint density at radius 2 is 1.69 bits per heavy atom. The van der Waals surface area contributed by atoms with Gasteiger partial charge in [0.25, 0.3) is 0 Å². The molecule has 0 aliphatic carbocycles. The monoisotopic (exact) mass is 400 g/mol. The number of nitrogens with zero attached hydrogens (tertiary/aromatic N) is 2. The molecule has 0 saturated heterocycles. The maximum absolute atomic E-state index is 13.1. The molecule has 1 amide bonds. The molecule has 4 heteroatoms. The minimum Gasteiger partial charge on any atom is -0.343 e. The van der Waals surface area contributed by atoms with Crippen LogP contribution in [0.4, 0.5) is 5.69 Å². The van der Waals surface area contributed by atoms with Gasteiger partial charge < -0.3 is 9.47 Å². The van der Waals surface area contributed by atoms with Gasteiger partial charge in [-0.1, -0.05) is 60.1 Å². The van der Waals surface area contributed by atoms with Gasteiger partial charge in [0.2, 0.25) is 5.91 Å². The van der Waals surface area contributed by atoms with E-state index in [1.54, 1.807) is 0 Å². The summed E-state index contributed by atoms with van der Waals surface area (Å²) < 4.78 is 2.22. The lowest BCUT2D eigenvalue weighted by Crippen LogP contribution is -2.30. The number of rotatable bonds is 4. The lowest BCUT2D eigenvalue weighted by molar-refractivity contribution is -0.117. The Hall–Kier alpha value is -3.04. The molecule has 29 heavy (non-hydrogen) atoms.